The molecule has 138 valence electrons. The van der Waals surface area contributed by atoms with Crippen LogP contribution in [-0.4, -0.2) is 35.8 Å². The van der Waals surface area contributed by atoms with Gasteiger partial charge in [0.1, 0.15) is 0 Å². The van der Waals surface area contributed by atoms with E-state index in [1.807, 2.05) is 0 Å². The van der Waals surface area contributed by atoms with Gasteiger partial charge in [-0.25, -0.2) is 0 Å². The second-order valence-corrected chi connectivity index (χ2v) is 7.93. The number of carbonyl (C=O) groups excluding carboxylic acids is 2. The Bertz CT molecular complexity index is 385. The summed E-state index contributed by atoms with van der Waals surface area (Å²) in [5.41, 5.74) is 0. The molecule has 4 heteroatoms. The Balaban J connectivity index is 1.80. The molecule has 1 aliphatic heterocycles. The molecule has 2 rings (SSSR count). The fourth-order valence-corrected chi connectivity index (χ4v) is 4.07. The van der Waals surface area contributed by atoms with Crippen molar-refractivity contribution in [2.75, 3.05) is 13.1 Å². The van der Waals surface area contributed by atoms with Gasteiger partial charge in [0, 0.05) is 19.1 Å². The molecule has 0 aromatic heterocycles. The predicted molar refractivity (Wildman–Crippen MR) is 97.7 cm³/mol. The van der Waals surface area contributed by atoms with Crippen molar-refractivity contribution >= 4 is 11.8 Å². The van der Waals surface area contributed by atoms with Gasteiger partial charge in [0.2, 0.25) is 0 Å². The zero-order chi connectivity index (χ0) is 17.2. The van der Waals surface area contributed by atoms with E-state index in [-0.39, 0.29) is 17.9 Å². The number of nitrogens with zero attached hydrogens (tertiary/aromatic N) is 1. The van der Waals surface area contributed by atoms with Gasteiger partial charge in [-0.3, -0.25) is 9.59 Å². The van der Waals surface area contributed by atoms with Crippen LogP contribution >= 0.6 is 0 Å². The number of rotatable bonds is 1. The molecule has 1 atom stereocenters. The van der Waals surface area contributed by atoms with Gasteiger partial charge >= 0.3 is 11.8 Å². The SMILES string of the molecule is CC1CCCN(C(=O)C(=O)NC2CCCCCCCCCCC2)C1. The Hall–Kier alpha value is -1.06. The minimum atomic E-state index is -0.374. The molecule has 1 N–H and O–H groups in total. The summed E-state index contributed by atoms with van der Waals surface area (Å²) in [5.74, 6) is -0.175. The lowest BCUT2D eigenvalue weighted by molar-refractivity contribution is -0.147. The normalized spacial score (nSPS) is 25.4. The number of likely N-dealkylation sites (tertiary alicyclic amines) is 1. The quantitative estimate of drug-likeness (QED) is 0.735. The Morgan fingerprint density at radius 3 is 1.88 bits per heavy atom. The van der Waals surface area contributed by atoms with Crippen LogP contribution in [0.15, 0.2) is 0 Å². The number of piperidine rings is 1. The molecule has 0 spiro atoms. The highest BCUT2D eigenvalue weighted by molar-refractivity contribution is 6.35. The smallest absolute Gasteiger partial charge is 0.311 e. The molecule has 0 aromatic carbocycles. The number of carbonyl (C=O) groups is 2. The van der Waals surface area contributed by atoms with Gasteiger partial charge in [0.25, 0.3) is 0 Å². The first-order valence-corrected chi connectivity index (χ1v) is 10.3. The van der Waals surface area contributed by atoms with E-state index < -0.39 is 0 Å². The molecule has 4 nitrogen and oxygen atoms in total. The molecular formula is C20H36N2O2. The third-order valence-electron chi connectivity index (χ3n) is 5.58. The zero-order valence-corrected chi connectivity index (χ0v) is 15.5. The van der Waals surface area contributed by atoms with Crippen molar-refractivity contribution in [1.82, 2.24) is 10.2 Å². The number of hydrogen-bond acceptors (Lipinski definition) is 2. The van der Waals surface area contributed by atoms with Crippen molar-refractivity contribution in [3.63, 3.8) is 0 Å². The average molecular weight is 337 g/mol. The number of amides is 2. The summed E-state index contributed by atoms with van der Waals surface area (Å²) >= 11 is 0. The molecule has 24 heavy (non-hydrogen) atoms. The molecular weight excluding hydrogens is 300 g/mol. The maximum absolute atomic E-state index is 12.4. The lowest BCUT2D eigenvalue weighted by Gasteiger charge is -2.31. The molecule has 1 aliphatic carbocycles. The molecule has 1 saturated carbocycles. The van der Waals surface area contributed by atoms with Crippen LogP contribution < -0.4 is 5.32 Å². The van der Waals surface area contributed by atoms with Gasteiger partial charge in [-0.15, -0.1) is 0 Å². The van der Waals surface area contributed by atoms with Gasteiger partial charge < -0.3 is 10.2 Å². The molecule has 0 bridgehead atoms. The van der Waals surface area contributed by atoms with Crippen LogP contribution in [0, 0.1) is 5.92 Å². The topological polar surface area (TPSA) is 49.4 Å². The minimum Gasteiger partial charge on any atom is -0.345 e. The highest BCUT2D eigenvalue weighted by Crippen LogP contribution is 2.18. The van der Waals surface area contributed by atoms with Crippen molar-refractivity contribution in [2.45, 2.75) is 96.4 Å². The predicted octanol–water partition coefficient (Wildman–Crippen LogP) is 4.03. The van der Waals surface area contributed by atoms with Crippen LogP contribution in [0.2, 0.25) is 0 Å². The van der Waals surface area contributed by atoms with Gasteiger partial charge in [-0.1, -0.05) is 64.7 Å². The molecule has 1 saturated heterocycles. The van der Waals surface area contributed by atoms with E-state index in [2.05, 4.69) is 12.2 Å². The maximum Gasteiger partial charge on any atom is 0.311 e. The van der Waals surface area contributed by atoms with E-state index in [4.69, 9.17) is 0 Å². The van der Waals surface area contributed by atoms with Gasteiger partial charge in [-0.05, 0) is 31.6 Å². The first-order chi connectivity index (χ1) is 11.7. The molecule has 0 aromatic rings. The van der Waals surface area contributed by atoms with Crippen molar-refractivity contribution < 1.29 is 9.59 Å². The summed E-state index contributed by atoms with van der Waals surface area (Å²) in [5, 5.41) is 3.05. The van der Waals surface area contributed by atoms with Crippen LogP contribution in [0.4, 0.5) is 0 Å². The van der Waals surface area contributed by atoms with E-state index in [0.717, 1.165) is 38.8 Å². The summed E-state index contributed by atoms with van der Waals surface area (Å²) in [7, 11) is 0. The molecule has 2 amide bonds. The molecule has 2 aliphatic rings. The monoisotopic (exact) mass is 336 g/mol. The fraction of sp³-hybridized carbons (Fsp3) is 0.900. The summed E-state index contributed by atoms with van der Waals surface area (Å²) < 4.78 is 0. The zero-order valence-electron chi connectivity index (χ0n) is 15.5. The number of hydrogen-bond donors (Lipinski definition) is 1. The minimum absolute atomic E-state index is 0.183. The standard InChI is InChI=1S/C20H36N2O2/c1-17-12-11-15-22(16-17)20(24)19(23)21-18-13-9-7-5-3-2-4-6-8-10-14-18/h17-18H,2-16H2,1H3,(H,21,23). The molecule has 0 radical (unpaired) electrons. The summed E-state index contributed by atoms with van der Waals surface area (Å²) in [6, 6.07) is 0.183. The van der Waals surface area contributed by atoms with Crippen molar-refractivity contribution in [3.05, 3.63) is 0 Å². The van der Waals surface area contributed by atoms with Crippen LogP contribution in [0.5, 0.6) is 0 Å². The van der Waals surface area contributed by atoms with Crippen LogP contribution in [-0.2, 0) is 9.59 Å². The average Bonchev–Trinajstić information content (AvgIpc) is 2.56. The first-order valence-electron chi connectivity index (χ1n) is 10.3. The molecule has 1 heterocycles. The maximum atomic E-state index is 12.4. The molecule has 2 fully saturated rings. The lowest BCUT2D eigenvalue weighted by atomic mass is 9.97. The highest BCUT2D eigenvalue weighted by Gasteiger charge is 2.27. The summed E-state index contributed by atoms with van der Waals surface area (Å²) in [6.45, 7) is 3.63. The third-order valence-corrected chi connectivity index (χ3v) is 5.58. The second kappa shape index (κ2) is 10.7. The first kappa shape index (κ1) is 19.3. The van der Waals surface area contributed by atoms with Crippen LogP contribution in [0.1, 0.15) is 90.4 Å². The van der Waals surface area contributed by atoms with Crippen LogP contribution in [0.3, 0.4) is 0 Å². The third kappa shape index (κ3) is 6.82. The largest absolute Gasteiger partial charge is 0.345 e. The van der Waals surface area contributed by atoms with E-state index in [0.29, 0.717) is 5.92 Å². The van der Waals surface area contributed by atoms with E-state index in [1.54, 1.807) is 4.90 Å². The van der Waals surface area contributed by atoms with Crippen molar-refractivity contribution in [1.29, 1.82) is 0 Å². The lowest BCUT2D eigenvalue weighted by Crippen LogP contribution is -2.49. The van der Waals surface area contributed by atoms with E-state index in [1.165, 1.54) is 57.8 Å². The molecule has 1 unspecified atom stereocenters. The van der Waals surface area contributed by atoms with E-state index in [9.17, 15) is 9.59 Å². The van der Waals surface area contributed by atoms with Crippen molar-refractivity contribution in [2.24, 2.45) is 5.92 Å². The Labute approximate surface area is 147 Å². The van der Waals surface area contributed by atoms with Gasteiger partial charge in [0.15, 0.2) is 0 Å². The second-order valence-electron chi connectivity index (χ2n) is 7.93. The van der Waals surface area contributed by atoms with Gasteiger partial charge in [0.05, 0.1) is 0 Å². The van der Waals surface area contributed by atoms with Crippen molar-refractivity contribution in [3.8, 4) is 0 Å². The highest BCUT2D eigenvalue weighted by atomic mass is 16.2. The Morgan fingerprint density at radius 2 is 1.33 bits per heavy atom. The van der Waals surface area contributed by atoms with Crippen LogP contribution in [0.25, 0.3) is 0 Å². The fourth-order valence-electron chi connectivity index (χ4n) is 4.07. The van der Waals surface area contributed by atoms with E-state index >= 15 is 0 Å². The summed E-state index contributed by atoms with van der Waals surface area (Å²) in [4.78, 5) is 26.5. The van der Waals surface area contributed by atoms with Gasteiger partial charge in [-0.2, -0.15) is 0 Å². The Kier molecular flexibility index (Phi) is 8.62. The Morgan fingerprint density at radius 1 is 0.792 bits per heavy atom. The number of nitrogens with one attached hydrogen (secondary N) is 1. The summed E-state index contributed by atoms with van der Waals surface area (Å²) in [6.07, 6.45) is 15.8.